The van der Waals surface area contributed by atoms with Gasteiger partial charge in [-0.2, -0.15) is 0 Å². The van der Waals surface area contributed by atoms with E-state index in [0.717, 1.165) is 0 Å². The molecule has 1 aliphatic heterocycles. The van der Waals surface area contributed by atoms with E-state index < -0.39 is 54.3 Å². The SMILES string of the molecule is CC(N)C(=O)N1CCCC1C(=O)NC(CCCCN)C(=O)NC(CCC(=O)O)C(=O)O. The largest absolute Gasteiger partial charge is 0.481 e. The molecule has 1 heterocycles. The van der Waals surface area contributed by atoms with Gasteiger partial charge >= 0.3 is 11.9 Å². The maximum atomic E-state index is 12.8. The number of carboxylic acids is 2. The summed E-state index contributed by atoms with van der Waals surface area (Å²) in [5, 5.41) is 22.9. The highest BCUT2D eigenvalue weighted by molar-refractivity contribution is 5.94. The molecule has 12 nitrogen and oxygen atoms in total. The predicted octanol–water partition coefficient (Wildman–Crippen LogP) is -1.63. The van der Waals surface area contributed by atoms with Crippen molar-refractivity contribution in [2.24, 2.45) is 11.5 Å². The molecule has 0 bridgehead atoms. The van der Waals surface area contributed by atoms with Crippen LogP contribution in [0, 0.1) is 0 Å². The number of amides is 3. The van der Waals surface area contributed by atoms with Gasteiger partial charge in [-0.05, 0) is 52.0 Å². The predicted molar refractivity (Wildman–Crippen MR) is 110 cm³/mol. The van der Waals surface area contributed by atoms with E-state index in [4.69, 9.17) is 16.6 Å². The van der Waals surface area contributed by atoms with E-state index in [0.29, 0.717) is 38.8 Å². The molecule has 4 atom stereocenters. The second kappa shape index (κ2) is 12.8. The van der Waals surface area contributed by atoms with E-state index in [9.17, 15) is 29.1 Å². The van der Waals surface area contributed by atoms with Crippen LogP contribution in [0.25, 0.3) is 0 Å². The first-order chi connectivity index (χ1) is 14.6. The van der Waals surface area contributed by atoms with Gasteiger partial charge in [0.25, 0.3) is 0 Å². The summed E-state index contributed by atoms with van der Waals surface area (Å²) >= 11 is 0. The Morgan fingerprint density at radius 1 is 1.06 bits per heavy atom. The van der Waals surface area contributed by atoms with Crippen molar-refractivity contribution in [3.05, 3.63) is 0 Å². The van der Waals surface area contributed by atoms with E-state index >= 15 is 0 Å². The molecule has 31 heavy (non-hydrogen) atoms. The van der Waals surface area contributed by atoms with Gasteiger partial charge in [0.2, 0.25) is 17.7 Å². The Hall–Kier alpha value is -2.73. The minimum atomic E-state index is -1.40. The Kier molecular flexibility index (Phi) is 10.9. The zero-order chi connectivity index (χ0) is 23.6. The molecule has 12 heteroatoms. The minimum absolute atomic E-state index is 0.216. The van der Waals surface area contributed by atoms with Crippen LogP contribution in [0.1, 0.15) is 51.9 Å². The van der Waals surface area contributed by atoms with Crippen LogP contribution in [0.4, 0.5) is 0 Å². The highest BCUT2D eigenvalue weighted by Gasteiger charge is 2.37. The third-order valence-corrected chi connectivity index (χ3v) is 5.07. The number of carbonyl (C=O) groups excluding carboxylic acids is 3. The number of hydrogen-bond acceptors (Lipinski definition) is 7. The lowest BCUT2D eigenvalue weighted by molar-refractivity contribution is -0.144. The average molecular weight is 444 g/mol. The molecule has 0 aromatic rings. The lowest BCUT2D eigenvalue weighted by Crippen LogP contribution is -2.56. The molecule has 0 aliphatic carbocycles. The molecule has 1 saturated heterocycles. The van der Waals surface area contributed by atoms with Gasteiger partial charge in [-0.3, -0.25) is 19.2 Å². The third kappa shape index (κ3) is 8.50. The molecular formula is C19H33N5O7. The first-order valence-electron chi connectivity index (χ1n) is 10.4. The van der Waals surface area contributed by atoms with Crippen LogP contribution < -0.4 is 22.1 Å². The molecule has 1 aliphatic rings. The van der Waals surface area contributed by atoms with Crippen molar-refractivity contribution in [1.82, 2.24) is 15.5 Å². The van der Waals surface area contributed by atoms with Crippen LogP contribution >= 0.6 is 0 Å². The van der Waals surface area contributed by atoms with E-state index in [1.165, 1.54) is 11.8 Å². The number of rotatable bonds is 13. The smallest absolute Gasteiger partial charge is 0.326 e. The molecule has 8 N–H and O–H groups in total. The van der Waals surface area contributed by atoms with Crippen molar-refractivity contribution in [3.8, 4) is 0 Å². The van der Waals surface area contributed by atoms with Gasteiger partial charge in [-0.1, -0.05) is 0 Å². The highest BCUT2D eigenvalue weighted by atomic mass is 16.4. The summed E-state index contributed by atoms with van der Waals surface area (Å²) in [7, 11) is 0. The van der Waals surface area contributed by atoms with Gasteiger partial charge in [0.1, 0.15) is 18.1 Å². The van der Waals surface area contributed by atoms with Gasteiger partial charge in [0.15, 0.2) is 0 Å². The fourth-order valence-electron chi connectivity index (χ4n) is 3.39. The quantitative estimate of drug-likeness (QED) is 0.180. The number of unbranched alkanes of at least 4 members (excludes halogenated alkanes) is 1. The summed E-state index contributed by atoms with van der Waals surface area (Å²) in [6.07, 6.45) is 1.65. The van der Waals surface area contributed by atoms with Crippen LogP contribution in [0.15, 0.2) is 0 Å². The standard InChI is InChI=1S/C19H33N5O7/c1-11(21)18(29)24-10-4-6-14(24)17(28)22-12(5-2-3-9-20)16(27)23-13(19(30)31)7-8-15(25)26/h11-14H,2-10,20-21H2,1H3,(H,22,28)(H,23,27)(H,25,26)(H,30,31). The Bertz CT molecular complexity index is 670. The molecule has 1 fully saturated rings. The molecular weight excluding hydrogens is 410 g/mol. The molecule has 0 aromatic heterocycles. The van der Waals surface area contributed by atoms with Gasteiger partial charge < -0.3 is 37.2 Å². The lowest BCUT2D eigenvalue weighted by Gasteiger charge is -2.28. The Morgan fingerprint density at radius 2 is 1.74 bits per heavy atom. The summed E-state index contributed by atoms with van der Waals surface area (Å²) in [6.45, 7) is 2.30. The molecule has 0 radical (unpaired) electrons. The Balaban J connectivity index is 2.87. The molecule has 0 saturated carbocycles. The molecule has 0 spiro atoms. The maximum absolute atomic E-state index is 12.8. The van der Waals surface area contributed by atoms with E-state index in [-0.39, 0.29) is 18.7 Å². The van der Waals surface area contributed by atoms with Crippen molar-refractivity contribution in [2.75, 3.05) is 13.1 Å². The van der Waals surface area contributed by atoms with Crippen molar-refractivity contribution in [2.45, 2.75) is 76.0 Å². The Labute approximate surface area is 180 Å². The van der Waals surface area contributed by atoms with Crippen molar-refractivity contribution >= 4 is 29.7 Å². The van der Waals surface area contributed by atoms with Crippen LogP contribution in [-0.2, 0) is 24.0 Å². The number of nitrogens with two attached hydrogens (primary N) is 2. The molecule has 176 valence electrons. The van der Waals surface area contributed by atoms with Crippen molar-refractivity contribution < 1.29 is 34.2 Å². The normalized spacial score (nSPS) is 18.7. The molecule has 3 amide bonds. The number of nitrogens with zero attached hydrogens (tertiary/aromatic N) is 1. The number of likely N-dealkylation sites (tertiary alicyclic amines) is 1. The molecule has 4 unspecified atom stereocenters. The highest BCUT2D eigenvalue weighted by Crippen LogP contribution is 2.19. The lowest BCUT2D eigenvalue weighted by atomic mass is 10.1. The van der Waals surface area contributed by atoms with Gasteiger partial charge in [0.05, 0.1) is 6.04 Å². The summed E-state index contributed by atoms with van der Waals surface area (Å²) in [4.78, 5) is 61.3. The summed E-state index contributed by atoms with van der Waals surface area (Å²) < 4.78 is 0. The van der Waals surface area contributed by atoms with Gasteiger partial charge in [-0.15, -0.1) is 0 Å². The van der Waals surface area contributed by atoms with E-state index in [1.54, 1.807) is 0 Å². The summed E-state index contributed by atoms with van der Waals surface area (Å²) in [5.41, 5.74) is 11.1. The third-order valence-electron chi connectivity index (χ3n) is 5.07. The molecule has 1 rings (SSSR count). The van der Waals surface area contributed by atoms with Crippen LogP contribution in [0.3, 0.4) is 0 Å². The number of nitrogens with one attached hydrogen (secondary N) is 2. The van der Waals surface area contributed by atoms with Crippen molar-refractivity contribution in [1.29, 1.82) is 0 Å². The molecule has 0 aromatic carbocycles. The average Bonchev–Trinajstić information content (AvgIpc) is 3.18. The van der Waals surface area contributed by atoms with Crippen LogP contribution in [0.5, 0.6) is 0 Å². The minimum Gasteiger partial charge on any atom is -0.481 e. The number of hydrogen-bond donors (Lipinski definition) is 6. The van der Waals surface area contributed by atoms with Gasteiger partial charge in [-0.25, -0.2) is 4.79 Å². The number of aliphatic carboxylic acids is 2. The zero-order valence-corrected chi connectivity index (χ0v) is 17.7. The fourth-order valence-corrected chi connectivity index (χ4v) is 3.39. The fraction of sp³-hybridized carbons (Fsp3) is 0.737. The second-order valence-electron chi connectivity index (χ2n) is 7.66. The van der Waals surface area contributed by atoms with Crippen LogP contribution in [-0.4, -0.2) is 82.0 Å². The first-order valence-corrected chi connectivity index (χ1v) is 10.4. The van der Waals surface area contributed by atoms with E-state index in [1.807, 2.05) is 0 Å². The summed E-state index contributed by atoms with van der Waals surface area (Å²) in [5.74, 6) is -4.16. The number of carbonyl (C=O) groups is 5. The summed E-state index contributed by atoms with van der Waals surface area (Å²) in [6, 6.07) is -3.97. The second-order valence-corrected chi connectivity index (χ2v) is 7.66. The van der Waals surface area contributed by atoms with Crippen molar-refractivity contribution in [3.63, 3.8) is 0 Å². The Morgan fingerprint density at radius 3 is 2.29 bits per heavy atom. The first kappa shape index (κ1) is 26.3. The zero-order valence-electron chi connectivity index (χ0n) is 17.7. The van der Waals surface area contributed by atoms with Gasteiger partial charge in [0, 0.05) is 13.0 Å². The van der Waals surface area contributed by atoms with Crippen LogP contribution in [0.2, 0.25) is 0 Å². The monoisotopic (exact) mass is 443 g/mol. The topological polar surface area (TPSA) is 205 Å². The number of carboxylic acid groups (broad SMARTS) is 2. The maximum Gasteiger partial charge on any atom is 0.326 e. The van der Waals surface area contributed by atoms with E-state index in [2.05, 4.69) is 10.6 Å².